The minimum atomic E-state index is -0.0522. The normalized spacial score (nSPS) is 11.9. The van der Waals surface area contributed by atoms with Gasteiger partial charge in [0, 0.05) is 18.4 Å². The van der Waals surface area contributed by atoms with Crippen molar-refractivity contribution < 1.29 is 14.3 Å². The van der Waals surface area contributed by atoms with Crippen molar-refractivity contribution in [2.45, 2.75) is 33.2 Å². The summed E-state index contributed by atoms with van der Waals surface area (Å²) in [5.41, 5.74) is 1.86. The van der Waals surface area contributed by atoms with Crippen molar-refractivity contribution >= 4 is 32.7 Å². The Bertz CT molecular complexity index is 991. The summed E-state index contributed by atoms with van der Waals surface area (Å²) in [4.78, 5) is 15.8. The van der Waals surface area contributed by atoms with Crippen LogP contribution >= 0.6 is 15.9 Å². The largest absolute Gasteiger partial charge is 0.492 e. The Morgan fingerprint density at radius 3 is 2.71 bits per heavy atom. The Morgan fingerprint density at radius 2 is 2.00 bits per heavy atom. The van der Waals surface area contributed by atoms with Crippen LogP contribution in [0.2, 0.25) is 0 Å². The number of carbonyl (C=O) groups excluding carboxylic acids is 1. The number of hydrogen-bond acceptors (Lipinski definition) is 4. The summed E-state index contributed by atoms with van der Waals surface area (Å²) in [6, 6.07) is 15.3. The zero-order valence-corrected chi connectivity index (χ0v) is 17.7. The van der Waals surface area contributed by atoms with Gasteiger partial charge < -0.3 is 14.8 Å². The third-order valence-electron chi connectivity index (χ3n) is 4.19. The number of fused-ring (bicyclic) bond motifs is 1. The molecule has 0 radical (unpaired) electrons. The molecule has 1 unspecified atom stereocenters. The minimum absolute atomic E-state index is 0.0493. The van der Waals surface area contributed by atoms with E-state index in [1.54, 1.807) is 0 Å². The van der Waals surface area contributed by atoms with E-state index in [-0.39, 0.29) is 11.9 Å². The highest BCUT2D eigenvalue weighted by molar-refractivity contribution is 9.10. The Kier molecular flexibility index (Phi) is 6.52. The van der Waals surface area contributed by atoms with Gasteiger partial charge in [0.05, 0.1) is 22.6 Å². The molecule has 1 amide bonds. The van der Waals surface area contributed by atoms with Crippen LogP contribution in [0.5, 0.6) is 17.4 Å². The van der Waals surface area contributed by atoms with E-state index in [0.29, 0.717) is 18.2 Å². The lowest BCUT2D eigenvalue weighted by molar-refractivity contribution is -0.119. The lowest BCUT2D eigenvalue weighted by Crippen LogP contribution is -2.23. The third kappa shape index (κ3) is 5.01. The van der Waals surface area contributed by atoms with Crippen LogP contribution in [0.25, 0.3) is 10.9 Å². The number of carbonyl (C=O) groups is 1. The molecule has 0 fully saturated rings. The fourth-order valence-electron chi connectivity index (χ4n) is 2.83. The molecule has 1 aromatic heterocycles. The second-order valence-corrected chi connectivity index (χ2v) is 7.42. The first-order chi connectivity index (χ1) is 13.5. The van der Waals surface area contributed by atoms with Gasteiger partial charge in [-0.05, 0) is 71.2 Å². The number of rotatable bonds is 7. The van der Waals surface area contributed by atoms with Gasteiger partial charge in [0.15, 0.2) is 0 Å². The fraction of sp³-hybridized carbons (Fsp3) is 0.273. The smallest absolute Gasteiger partial charge is 0.219 e. The van der Waals surface area contributed by atoms with Crippen molar-refractivity contribution in [3.8, 4) is 17.4 Å². The van der Waals surface area contributed by atoms with Gasteiger partial charge in [-0.1, -0.05) is 13.0 Å². The number of aromatic nitrogens is 1. The van der Waals surface area contributed by atoms with Crippen LogP contribution in [0.3, 0.4) is 0 Å². The van der Waals surface area contributed by atoms with Crippen molar-refractivity contribution in [1.29, 1.82) is 0 Å². The van der Waals surface area contributed by atoms with E-state index in [4.69, 9.17) is 9.47 Å². The van der Waals surface area contributed by atoms with Crippen molar-refractivity contribution in [2.24, 2.45) is 0 Å². The van der Waals surface area contributed by atoms with Crippen LogP contribution in [0.1, 0.15) is 38.8 Å². The molecule has 3 rings (SSSR count). The SMILES string of the molecule is CCCOc1ccc(Oc2ccc3cc(C(C)NC(C)=O)ccc3n2)cc1Br. The van der Waals surface area contributed by atoms with E-state index >= 15 is 0 Å². The van der Waals surface area contributed by atoms with Crippen LogP contribution in [0, 0.1) is 0 Å². The first-order valence-corrected chi connectivity index (χ1v) is 10.0. The summed E-state index contributed by atoms with van der Waals surface area (Å²) in [5.74, 6) is 1.94. The van der Waals surface area contributed by atoms with Gasteiger partial charge in [0.1, 0.15) is 11.5 Å². The maximum atomic E-state index is 11.3. The topological polar surface area (TPSA) is 60.5 Å². The molecule has 28 heavy (non-hydrogen) atoms. The molecule has 0 aliphatic carbocycles. The second-order valence-electron chi connectivity index (χ2n) is 6.57. The molecular weight excluding hydrogens is 420 g/mol. The lowest BCUT2D eigenvalue weighted by atomic mass is 10.1. The Hall–Kier alpha value is -2.60. The van der Waals surface area contributed by atoms with E-state index in [1.807, 2.05) is 55.5 Å². The number of benzene rings is 2. The molecule has 5 nitrogen and oxygen atoms in total. The predicted octanol–water partition coefficient (Wildman–Crippen LogP) is 5.78. The summed E-state index contributed by atoms with van der Waals surface area (Å²) in [6.07, 6.45) is 0.955. The standard InChI is InChI=1S/C22H23BrN2O3/c1-4-11-27-21-9-7-18(13-19(21)23)28-22-10-6-17-12-16(5-8-20(17)25-22)14(2)24-15(3)26/h5-10,12-14H,4,11H2,1-3H3,(H,24,26). The number of nitrogens with zero attached hydrogens (tertiary/aromatic N) is 1. The van der Waals surface area contributed by atoms with E-state index in [2.05, 4.69) is 33.2 Å². The highest BCUT2D eigenvalue weighted by Crippen LogP contribution is 2.32. The number of hydrogen-bond donors (Lipinski definition) is 1. The summed E-state index contributed by atoms with van der Waals surface area (Å²) in [7, 11) is 0. The van der Waals surface area contributed by atoms with Crippen LogP contribution in [-0.2, 0) is 4.79 Å². The number of halogens is 1. The molecule has 6 heteroatoms. The molecule has 0 bridgehead atoms. The fourth-order valence-corrected chi connectivity index (χ4v) is 3.31. The van der Waals surface area contributed by atoms with Crippen LogP contribution in [-0.4, -0.2) is 17.5 Å². The molecule has 0 aliphatic heterocycles. The highest BCUT2D eigenvalue weighted by atomic mass is 79.9. The summed E-state index contributed by atoms with van der Waals surface area (Å²) < 4.78 is 12.4. The molecule has 0 spiro atoms. The monoisotopic (exact) mass is 442 g/mol. The Labute approximate surface area is 173 Å². The first kappa shape index (κ1) is 20.1. The van der Waals surface area contributed by atoms with Crippen molar-refractivity contribution in [3.63, 3.8) is 0 Å². The summed E-state index contributed by atoms with van der Waals surface area (Å²) in [6.45, 7) is 6.22. The number of ether oxygens (including phenoxy) is 2. The van der Waals surface area contributed by atoms with E-state index < -0.39 is 0 Å². The molecule has 0 saturated carbocycles. The van der Waals surface area contributed by atoms with Crippen molar-refractivity contribution in [3.05, 3.63) is 58.6 Å². The average Bonchev–Trinajstić information content (AvgIpc) is 2.66. The van der Waals surface area contributed by atoms with Crippen molar-refractivity contribution in [1.82, 2.24) is 10.3 Å². The highest BCUT2D eigenvalue weighted by Gasteiger charge is 2.09. The second kappa shape index (κ2) is 9.06. The number of pyridine rings is 1. The molecule has 0 saturated heterocycles. The van der Waals surface area contributed by atoms with Crippen LogP contribution < -0.4 is 14.8 Å². The van der Waals surface area contributed by atoms with Crippen molar-refractivity contribution in [2.75, 3.05) is 6.61 Å². The molecule has 146 valence electrons. The van der Waals surface area contributed by atoms with Gasteiger partial charge in [-0.15, -0.1) is 0 Å². The minimum Gasteiger partial charge on any atom is -0.492 e. The molecule has 2 aromatic carbocycles. The maximum Gasteiger partial charge on any atom is 0.219 e. The van der Waals surface area contributed by atoms with Gasteiger partial charge in [-0.25, -0.2) is 4.98 Å². The van der Waals surface area contributed by atoms with Gasteiger partial charge in [-0.2, -0.15) is 0 Å². The van der Waals surface area contributed by atoms with Gasteiger partial charge in [0.25, 0.3) is 0 Å². The third-order valence-corrected chi connectivity index (χ3v) is 4.81. The first-order valence-electron chi connectivity index (χ1n) is 9.24. The summed E-state index contributed by atoms with van der Waals surface area (Å²) >= 11 is 3.51. The zero-order chi connectivity index (χ0) is 20.1. The van der Waals surface area contributed by atoms with Gasteiger partial charge in [-0.3, -0.25) is 4.79 Å². The van der Waals surface area contributed by atoms with E-state index in [9.17, 15) is 4.79 Å². The maximum absolute atomic E-state index is 11.3. The van der Waals surface area contributed by atoms with Gasteiger partial charge in [0.2, 0.25) is 11.8 Å². The molecule has 0 aliphatic rings. The van der Waals surface area contributed by atoms with E-state index in [1.165, 1.54) is 6.92 Å². The van der Waals surface area contributed by atoms with E-state index in [0.717, 1.165) is 33.1 Å². The number of nitrogens with one attached hydrogen (secondary N) is 1. The average molecular weight is 443 g/mol. The Morgan fingerprint density at radius 1 is 1.18 bits per heavy atom. The Balaban J connectivity index is 1.77. The molecule has 1 N–H and O–H groups in total. The number of amides is 1. The lowest BCUT2D eigenvalue weighted by Gasteiger charge is -2.14. The van der Waals surface area contributed by atoms with Crippen LogP contribution in [0.15, 0.2) is 53.0 Å². The molecule has 1 atom stereocenters. The zero-order valence-electron chi connectivity index (χ0n) is 16.2. The molecule has 3 aromatic rings. The molecule has 1 heterocycles. The molecular formula is C22H23BrN2O3. The summed E-state index contributed by atoms with van der Waals surface area (Å²) in [5, 5.41) is 3.88. The predicted molar refractivity (Wildman–Crippen MR) is 114 cm³/mol. The quantitative estimate of drug-likeness (QED) is 0.503. The van der Waals surface area contributed by atoms with Crippen LogP contribution in [0.4, 0.5) is 0 Å². The van der Waals surface area contributed by atoms with Gasteiger partial charge >= 0.3 is 0 Å².